The number of halogens is 1. The van der Waals surface area contributed by atoms with Gasteiger partial charge < -0.3 is 10.2 Å². The molecule has 0 unspecified atom stereocenters. The summed E-state index contributed by atoms with van der Waals surface area (Å²) < 4.78 is 0. The molecule has 2 aliphatic rings. The maximum atomic E-state index is 12.6. The van der Waals surface area contributed by atoms with Crippen molar-refractivity contribution in [3.63, 3.8) is 0 Å². The van der Waals surface area contributed by atoms with Crippen molar-refractivity contribution in [2.24, 2.45) is 0 Å². The molecule has 142 valence electrons. The summed E-state index contributed by atoms with van der Waals surface area (Å²) in [6, 6.07) is 7.18. The summed E-state index contributed by atoms with van der Waals surface area (Å²) in [6.07, 6.45) is 4.09. The monoisotopic (exact) mass is 404 g/mol. The van der Waals surface area contributed by atoms with E-state index in [-0.39, 0.29) is 11.8 Å². The average molecular weight is 405 g/mol. The molecule has 0 radical (unpaired) electrons. The van der Waals surface area contributed by atoms with Crippen LogP contribution in [0.25, 0.3) is 0 Å². The van der Waals surface area contributed by atoms with E-state index in [0.29, 0.717) is 49.4 Å². The van der Waals surface area contributed by atoms with E-state index in [1.165, 1.54) is 24.2 Å². The van der Waals surface area contributed by atoms with Gasteiger partial charge in [0.15, 0.2) is 0 Å². The van der Waals surface area contributed by atoms with Crippen molar-refractivity contribution in [2.75, 3.05) is 38.0 Å². The largest absolute Gasteiger partial charge is 0.335 e. The lowest BCUT2D eigenvalue weighted by Crippen LogP contribution is -2.50. The lowest BCUT2D eigenvalue weighted by atomic mass is 10.3. The fraction of sp³-hybridized carbons (Fsp3) is 0.421. The number of para-hydroxylation sites is 1. The fourth-order valence-electron chi connectivity index (χ4n) is 3.13. The zero-order chi connectivity index (χ0) is 18.8. The Morgan fingerprint density at radius 2 is 1.93 bits per heavy atom. The number of aromatic nitrogens is 1. The minimum absolute atomic E-state index is 0.0552. The van der Waals surface area contributed by atoms with Crippen LogP contribution in [-0.4, -0.2) is 59.3 Å². The number of carbonyl (C=O) groups excluding carboxylic acids is 2. The summed E-state index contributed by atoms with van der Waals surface area (Å²) >= 11 is 7.60. The summed E-state index contributed by atoms with van der Waals surface area (Å²) in [5.74, 6) is 0.531. The van der Waals surface area contributed by atoms with Crippen LogP contribution < -0.4 is 5.32 Å². The third kappa shape index (κ3) is 4.48. The Morgan fingerprint density at radius 3 is 2.63 bits per heavy atom. The van der Waals surface area contributed by atoms with Crippen LogP contribution in [0.2, 0.25) is 5.02 Å². The molecule has 2 fully saturated rings. The molecular formula is C19H21ClN4O2S. The van der Waals surface area contributed by atoms with E-state index in [2.05, 4.69) is 15.2 Å². The number of nitrogens with one attached hydrogen (secondary N) is 1. The van der Waals surface area contributed by atoms with E-state index in [4.69, 9.17) is 11.6 Å². The first-order chi connectivity index (χ1) is 13.1. The van der Waals surface area contributed by atoms with Gasteiger partial charge in [-0.2, -0.15) is 0 Å². The van der Waals surface area contributed by atoms with E-state index >= 15 is 0 Å². The van der Waals surface area contributed by atoms with Crippen LogP contribution in [0.1, 0.15) is 33.4 Å². The van der Waals surface area contributed by atoms with Gasteiger partial charge in [-0.3, -0.25) is 14.5 Å². The predicted octanol–water partition coefficient (Wildman–Crippen LogP) is 3.07. The third-order valence-corrected chi connectivity index (χ3v) is 6.31. The van der Waals surface area contributed by atoms with Crippen molar-refractivity contribution >= 4 is 40.4 Å². The number of benzene rings is 1. The van der Waals surface area contributed by atoms with Gasteiger partial charge in [0, 0.05) is 32.1 Å². The lowest BCUT2D eigenvalue weighted by molar-refractivity contribution is -0.117. The molecule has 4 rings (SSSR count). The van der Waals surface area contributed by atoms with Crippen LogP contribution in [0.4, 0.5) is 5.69 Å². The maximum absolute atomic E-state index is 12.6. The zero-order valence-corrected chi connectivity index (χ0v) is 16.4. The first-order valence-electron chi connectivity index (χ1n) is 9.12. The molecule has 27 heavy (non-hydrogen) atoms. The van der Waals surface area contributed by atoms with Gasteiger partial charge in [0.2, 0.25) is 5.91 Å². The Morgan fingerprint density at radius 1 is 1.19 bits per heavy atom. The first kappa shape index (κ1) is 18.4. The Kier molecular flexibility index (Phi) is 5.43. The third-order valence-electron chi connectivity index (χ3n) is 4.84. The Balaban J connectivity index is 1.26. The molecule has 2 aromatic rings. The highest BCUT2D eigenvalue weighted by molar-refractivity contribution is 7.13. The smallest absolute Gasteiger partial charge is 0.265 e. The molecule has 0 spiro atoms. The van der Waals surface area contributed by atoms with Gasteiger partial charge in [-0.15, -0.1) is 11.3 Å². The first-order valence-corrected chi connectivity index (χ1v) is 10.3. The van der Waals surface area contributed by atoms with E-state index in [9.17, 15) is 9.59 Å². The van der Waals surface area contributed by atoms with Crippen molar-refractivity contribution in [3.8, 4) is 0 Å². The van der Waals surface area contributed by atoms with Gasteiger partial charge in [0.25, 0.3) is 5.91 Å². The summed E-state index contributed by atoms with van der Waals surface area (Å²) in [5.41, 5.74) is 0.620. The molecule has 1 saturated heterocycles. The van der Waals surface area contributed by atoms with Crippen molar-refractivity contribution in [1.82, 2.24) is 14.8 Å². The maximum Gasteiger partial charge on any atom is 0.265 e. The molecule has 6 nitrogen and oxygen atoms in total. The van der Waals surface area contributed by atoms with Gasteiger partial charge in [-0.05, 0) is 25.0 Å². The van der Waals surface area contributed by atoms with Crippen molar-refractivity contribution in [1.29, 1.82) is 0 Å². The van der Waals surface area contributed by atoms with E-state index in [1.807, 2.05) is 17.0 Å². The molecule has 2 heterocycles. The molecular weight excluding hydrogens is 384 g/mol. The number of nitrogens with zero attached hydrogens (tertiary/aromatic N) is 3. The van der Waals surface area contributed by atoms with Gasteiger partial charge >= 0.3 is 0 Å². The topological polar surface area (TPSA) is 65.5 Å². The van der Waals surface area contributed by atoms with E-state index in [0.717, 1.165) is 9.88 Å². The zero-order valence-electron chi connectivity index (χ0n) is 14.9. The second-order valence-corrected chi connectivity index (χ2v) is 8.40. The second-order valence-electron chi connectivity index (χ2n) is 6.93. The Labute approximate surface area is 167 Å². The molecule has 1 aliphatic heterocycles. The molecule has 0 bridgehead atoms. The molecule has 1 N–H and O–H groups in total. The number of anilines is 1. The van der Waals surface area contributed by atoms with Gasteiger partial charge in [0.1, 0.15) is 4.88 Å². The quantitative estimate of drug-likeness (QED) is 0.831. The second kappa shape index (κ2) is 7.96. The van der Waals surface area contributed by atoms with Gasteiger partial charge in [0.05, 0.1) is 28.5 Å². The summed E-state index contributed by atoms with van der Waals surface area (Å²) in [4.78, 5) is 33.9. The highest BCUT2D eigenvalue weighted by atomic mass is 35.5. The van der Waals surface area contributed by atoms with Crippen molar-refractivity contribution in [2.45, 2.75) is 18.8 Å². The molecule has 2 amide bonds. The van der Waals surface area contributed by atoms with E-state index in [1.54, 1.807) is 18.3 Å². The SMILES string of the molecule is O=C(CN1CCN(C(=O)c2cnc(C3CC3)s2)CC1)Nc1ccccc1Cl. The fourth-order valence-corrected chi connectivity index (χ4v) is 4.36. The van der Waals surface area contributed by atoms with Crippen molar-refractivity contribution in [3.05, 3.63) is 45.4 Å². The Hall–Kier alpha value is -1.96. The molecule has 1 aromatic heterocycles. The van der Waals surface area contributed by atoms with Gasteiger partial charge in [-0.1, -0.05) is 23.7 Å². The highest BCUT2D eigenvalue weighted by Crippen LogP contribution is 2.41. The lowest BCUT2D eigenvalue weighted by Gasteiger charge is -2.34. The van der Waals surface area contributed by atoms with Crippen LogP contribution in [0.15, 0.2) is 30.5 Å². The molecule has 8 heteroatoms. The number of carbonyl (C=O) groups is 2. The number of piperazine rings is 1. The van der Waals surface area contributed by atoms with Crippen LogP contribution >= 0.6 is 22.9 Å². The molecule has 1 aromatic carbocycles. The number of thiazole rings is 1. The minimum Gasteiger partial charge on any atom is -0.335 e. The van der Waals surface area contributed by atoms with Crippen LogP contribution in [0.5, 0.6) is 0 Å². The minimum atomic E-state index is -0.0978. The van der Waals surface area contributed by atoms with Crippen LogP contribution in [0, 0.1) is 0 Å². The summed E-state index contributed by atoms with van der Waals surface area (Å²) in [7, 11) is 0. The standard InChI is InChI=1S/C19H21ClN4O2S/c20-14-3-1-2-4-15(14)22-17(25)12-23-7-9-24(10-8-23)19(26)16-11-21-18(27-16)13-5-6-13/h1-4,11,13H,5-10,12H2,(H,22,25). The summed E-state index contributed by atoms with van der Waals surface area (Å²) in [5, 5.41) is 4.45. The number of hydrogen-bond acceptors (Lipinski definition) is 5. The average Bonchev–Trinajstić information content (AvgIpc) is 3.40. The molecule has 1 aliphatic carbocycles. The predicted molar refractivity (Wildman–Crippen MR) is 107 cm³/mol. The number of hydrogen-bond donors (Lipinski definition) is 1. The molecule has 0 atom stereocenters. The summed E-state index contributed by atoms with van der Waals surface area (Å²) in [6.45, 7) is 2.88. The van der Waals surface area contributed by atoms with Gasteiger partial charge in [-0.25, -0.2) is 4.98 Å². The molecule has 1 saturated carbocycles. The van der Waals surface area contributed by atoms with Crippen molar-refractivity contribution < 1.29 is 9.59 Å². The van der Waals surface area contributed by atoms with Crippen LogP contribution in [-0.2, 0) is 4.79 Å². The number of rotatable bonds is 5. The highest BCUT2D eigenvalue weighted by Gasteiger charge is 2.29. The Bertz CT molecular complexity index is 844. The van der Waals surface area contributed by atoms with E-state index < -0.39 is 0 Å². The number of amides is 2. The van der Waals surface area contributed by atoms with Crippen LogP contribution in [0.3, 0.4) is 0 Å². The normalized spacial score (nSPS) is 17.7.